The van der Waals surface area contributed by atoms with E-state index in [4.69, 9.17) is 4.74 Å². The monoisotopic (exact) mass is 545 g/mol. The molecule has 1 amide bonds. The summed E-state index contributed by atoms with van der Waals surface area (Å²) in [5.74, 6) is 0.240. The molecule has 1 fully saturated rings. The number of methoxy groups -OCH3 is 1. The molecule has 2 aromatic carbocycles. The number of benzene rings is 2. The van der Waals surface area contributed by atoms with E-state index < -0.39 is 11.7 Å². The van der Waals surface area contributed by atoms with Gasteiger partial charge in [-0.05, 0) is 49.2 Å². The third-order valence-corrected chi connectivity index (χ3v) is 7.70. The lowest BCUT2D eigenvalue weighted by Gasteiger charge is -2.32. The number of hydrogen-bond acceptors (Lipinski definition) is 7. The van der Waals surface area contributed by atoms with Crippen LogP contribution >= 0.6 is 11.3 Å². The van der Waals surface area contributed by atoms with Gasteiger partial charge in [-0.1, -0.05) is 11.3 Å². The summed E-state index contributed by atoms with van der Waals surface area (Å²) < 4.78 is 46.7. The number of thiazole rings is 1. The second-order valence-corrected chi connectivity index (χ2v) is 10.3. The van der Waals surface area contributed by atoms with E-state index in [0.717, 1.165) is 41.8 Å². The van der Waals surface area contributed by atoms with Crippen LogP contribution in [0.2, 0.25) is 0 Å². The predicted molar refractivity (Wildman–Crippen MR) is 139 cm³/mol. The summed E-state index contributed by atoms with van der Waals surface area (Å²) in [5, 5.41) is 3.48. The Kier molecular flexibility index (Phi) is 7.10. The Labute approximate surface area is 220 Å². The van der Waals surface area contributed by atoms with Gasteiger partial charge in [-0.2, -0.15) is 13.2 Å². The molecule has 5 rings (SSSR count). The number of imidazole rings is 1. The molecule has 12 heteroatoms. The number of likely N-dealkylation sites (tertiary alicyclic amines) is 1. The van der Waals surface area contributed by atoms with Crippen LogP contribution < -0.4 is 5.32 Å². The van der Waals surface area contributed by atoms with Crippen LogP contribution in [0.4, 0.5) is 24.3 Å². The number of hydrogen-bond donors (Lipinski definition) is 1. The van der Waals surface area contributed by atoms with Crippen LogP contribution in [0.5, 0.6) is 0 Å². The van der Waals surface area contributed by atoms with Gasteiger partial charge in [0.15, 0.2) is 10.9 Å². The molecule has 38 heavy (non-hydrogen) atoms. The van der Waals surface area contributed by atoms with Gasteiger partial charge in [-0.25, -0.2) is 9.97 Å². The fourth-order valence-electron chi connectivity index (χ4n) is 4.62. The molecule has 0 saturated carbocycles. The number of carbonyl (C=O) groups is 2. The number of nitrogens with zero attached hydrogens (tertiary/aromatic N) is 4. The maximum atomic E-state index is 13.0. The Bertz CT molecular complexity index is 1510. The van der Waals surface area contributed by atoms with Crippen molar-refractivity contribution in [1.82, 2.24) is 19.4 Å². The zero-order valence-corrected chi connectivity index (χ0v) is 21.7. The zero-order valence-electron chi connectivity index (χ0n) is 20.8. The number of anilines is 2. The third kappa shape index (κ3) is 5.37. The smallest absolute Gasteiger partial charge is 0.380 e. The molecule has 0 radical (unpaired) electrons. The van der Waals surface area contributed by atoms with Gasteiger partial charge in [0.05, 0.1) is 32.9 Å². The maximum absolute atomic E-state index is 13.0. The first-order valence-corrected chi connectivity index (χ1v) is 13.0. The molecule has 3 heterocycles. The van der Waals surface area contributed by atoms with Crippen molar-refractivity contribution >= 4 is 55.4 Å². The number of rotatable bonds is 7. The van der Waals surface area contributed by atoms with E-state index in [1.54, 1.807) is 41.8 Å². The van der Waals surface area contributed by atoms with Crippen molar-refractivity contribution in [3.05, 3.63) is 47.5 Å². The SMILES string of the molecule is CO[C@@H]1CCCN(C(=O)CCC(=O)c2ccc3c(c2)nc(Nc2nc4ccc(C(F)(F)F)cc4s2)n3C)C1. The quantitative estimate of drug-likeness (QED) is 0.307. The standard InChI is InChI=1S/C26H26F3N5O3S/c1-33-20-8-5-15(21(35)9-10-23(36)34-11-3-4-17(14-34)37-2)12-19(20)30-24(33)32-25-31-18-7-6-16(26(27,28)29)13-22(18)38-25/h5-8,12-13,17H,3-4,9-11,14H2,1-2H3,(H,30,31,32)/t17-/m1/s1. The van der Waals surface area contributed by atoms with E-state index in [-0.39, 0.29) is 30.6 Å². The second kappa shape index (κ2) is 10.3. The fraction of sp³-hybridized carbons (Fsp3) is 0.385. The minimum absolute atomic E-state index is 0.0397. The fourth-order valence-corrected chi connectivity index (χ4v) is 5.51. The molecule has 1 saturated heterocycles. The van der Waals surface area contributed by atoms with Crippen LogP contribution in [-0.4, -0.2) is 57.4 Å². The normalized spacial score (nSPS) is 16.3. The maximum Gasteiger partial charge on any atom is 0.416 e. The number of ketones is 1. The largest absolute Gasteiger partial charge is 0.416 e. The molecule has 0 spiro atoms. The first-order chi connectivity index (χ1) is 18.1. The first-order valence-electron chi connectivity index (χ1n) is 12.2. The Balaban J connectivity index is 1.28. The third-order valence-electron chi connectivity index (χ3n) is 6.77. The molecular formula is C26H26F3N5O3S. The van der Waals surface area contributed by atoms with E-state index in [2.05, 4.69) is 15.3 Å². The van der Waals surface area contributed by atoms with Gasteiger partial charge in [0.1, 0.15) is 0 Å². The number of aryl methyl sites for hydroxylation is 1. The number of carbonyl (C=O) groups excluding carboxylic acids is 2. The highest BCUT2D eigenvalue weighted by molar-refractivity contribution is 7.22. The van der Waals surface area contributed by atoms with Gasteiger partial charge < -0.3 is 19.5 Å². The van der Waals surface area contributed by atoms with E-state index in [9.17, 15) is 22.8 Å². The number of halogens is 3. The number of Topliss-reactive ketones (excluding diaryl/α,β-unsaturated/α-hetero) is 1. The van der Waals surface area contributed by atoms with Crippen molar-refractivity contribution in [2.24, 2.45) is 7.05 Å². The lowest BCUT2D eigenvalue weighted by atomic mass is 10.0. The van der Waals surface area contributed by atoms with Crippen LogP contribution in [-0.2, 0) is 22.8 Å². The van der Waals surface area contributed by atoms with Crippen LogP contribution in [0.3, 0.4) is 0 Å². The van der Waals surface area contributed by atoms with Crippen LogP contribution in [0, 0.1) is 0 Å². The number of amides is 1. The summed E-state index contributed by atoms with van der Waals surface area (Å²) in [5.41, 5.74) is 1.53. The predicted octanol–water partition coefficient (Wildman–Crippen LogP) is 5.55. The number of nitrogens with one attached hydrogen (secondary N) is 1. The molecule has 1 aliphatic rings. The van der Waals surface area contributed by atoms with E-state index in [1.165, 1.54) is 6.07 Å². The lowest BCUT2D eigenvalue weighted by molar-refractivity contribution is -0.137. The first kappa shape index (κ1) is 26.1. The highest BCUT2D eigenvalue weighted by atomic mass is 32.1. The molecule has 200 valence electrons. The Morgan fingerprint density at radius 2 is 1.95 bits per heavy atom. The van der Waals surface area contributed by atoms with E-state index in [1.807, 2.05) is 0 Å². The van der Waals surface area contributed by atoms with Gasteiger partial charge in [-0.3, -0.25) is 9.59 Å². The Hall–Kier alpha value is -3.51. The molecule has 0 unspecified atom stereocenters. The number of piperidine rings is 1. The van der Waals surface area contributed by atoms with Gasteiger partial charge >= 0.3 is 6.18 Å². The topological polar surface area (TPSA) is 89.3 Å². The Morgan fingerprint density at radius 3 is 2.71 bits per heavy atom. The van der Waals surface area contributed by atoms with E-state index in [0.29, 0.717) is 45.5 Å². The molecule has 0 aliphatic carbocycles. The lowest BCUT2D eigenvalue weighted by Crippen LogP contribution is -2.42. The number of alkyl halides is 3. The second-order valence-electron chi connectivity index (χ2n) is 9.29. The number of fused-ring (bicyclic) bond motifs is 2. The van der Waals surface area contributed by atoms with Crippen LogP contribution in [0.1, 0.15) is 41.6 Å². The molecular weight excluding hydrogens is 519 g/mol. The van der Waals surface area contributed by atoms with Crippen molar-refractivity contribution in [1.29, 1.82) is 0 Å². The van der Waals surface area contributed by atoms with Gasteiger partial charge in [0.25, 0.3) is 0 Å². The van der Waals surface area contributed by atoms with Crippen molar-refractivity contribution < 1.29 is 27.5 Å². The van der Waals surface area contributed by atoms with Crippen molar-refractivity contribution in [2.75, 3.05) is 25.5 Å². The minimum Gasteiger partial charge on any atom is -0.380 e. The van der Waals surface area contributed by atoms with Gasteiger partial charge in [-0.15, -0.1) is 0 Å². The van der Waals surface area contributed by atoms with E-state index >= 15 is 0 Å². The number of aromatic nitrogens is 3. The molecule has 8 nitrogen and oxygen atoms in total. The molecule has 2 aromatic heterocycles. The summed E-state index contributed by atoms with van der Waals surface area (Å²) in [7, 11) is 3.43. The summed E-state index contributed by atoms with van der Waals surface area (Å²) >= 11 is 1.10. The Morgan fingerprint density at radius 1 is 1.13 bits per heavy atom. The summed E-state index contributed by atoms with van der Waals surface area (Å²) in [4.78, 5) is 36.1. The molecule has 1 N–H and O–H groups in total. The van der Waals surface area contributed by atoms with Crippen LogP contribution in [0.25, 0.3) is 21.3 Å². The van der Waals surface area contributed by atoms with Gasteiger partial charge in [0, 0.05) is 45.7 Å². The zero-order chi connectivity index (χ0) is 27.0. The highest BCUT2D eigenvalue weighted by Gasteiger charge is 2.31. The summed E-state index contributed by atoms with van der Waals surface area (Å²) in [6.07, 6.45) is -2.34. The van der Waals surface area contributed by atoms with Crippen LogP contribution in [0.15, 0.2) is 36.4 Å². The van der Waals surface area contributed by atoms with Crippen molar-refractivity contribution in [3.8, 4) is 0 Å². The van der Waals surface area contributed by atoms with Crippen molar-refractivity contribution in [3.63, 3.8) is 0 Å². The average Bonchev–Trinajstić information content (AvgIpc) is 3.45. The van der Waals surface area contributed by atoms with Crippen molar-refractivity contribution in [2.45, 2.75) is 38.0 Å². The highest BCUT2D eigenvalue weighted by Crippen LogP contribution is 2.35. The molecule has 1 aliphatic heterocycles. The number of ether oxygens (including phenoxy) is 1. The molecule has 1 atom stereocenters. The average molecular weight is 546 g/mol. The molecule has 0 bridgehead atoms. The molecule has 4 aromatic rings. The van der Waals surface area contributed by atoms with Gasteiger partial charge in [0.2, 0.25) is 11.9 Å². The minimum atomic E-state index is -4.42. The summed E-state index contributed by atoms with van der Waals surface area (Å²) in [6.45, 7) is 1.23. The summed E-state index contributed by atoms with van der Waals surface area (Å²) in [6, 6.07) is 8.61.